The van der Waals surface area contributed by atoms with Gasteiger partial charge in [-0.1, -0.05) is 105 Å². The third-order valence-corrected chi connectivity index (χ3v) is 11.0. The van der Waals surface area contributed by atoms with Gasteiger partial charge in [0.15, 0.2) is 0 Å². The Morgan fingerprint density at radius 1 is 0.553 bits per heavy atom. The second-order valence-corrected chi connectivity index (χ2v) is 14.3. The molecule has 4 heteroatoms. The van der Waals surface area contributed by atoms with Gasteiger partial charge in [-0.2, -0.15) is 0 Å². The van der Waals surface area contributed by atoms with Crippen LogP contribution in [0.5, 0.6) is 11.5 Å². The standard InChI is InChI=1S/C43H54N2O2/c1-43(25-24-40(34-16-8-6-9-17-34)35-18-10-7-11-19-35,38-20-22-41(46)36(30-38)32-44-26-12-2-3-13-27-44)39-21-23-42(47)37(31-39)33-45-28-14-4-5-15-29-45/h6-11,16-23,30-31,40,46-47H,2-5,12-15,24-29,32-33H2,1H3. The highest BCUT2D eigenvalue weighted by atomic mass is 16.3. The van der Waals surface area contributed by atoms with Crippen molar-refractivity contribution in [3.8, 4) is 11.5 Å². The Bertz CT molecular complexity index is 1430. The van der Waals surface area contributed by atoms with Crippen molar-refractivity contribution in [2.45, 2.75) is 95.6 Å². The van der Waals surface area contributed by atoms with E-state index in [9.17, 15) is 10.2 Å². The molecule has 2 N–H and O–H groups in total. The summed E-state index contributed by atoms with van der Waals surface area (Å²) in [5, 5.41) is 22.2. The van der Waals surface area contributed by atoms with E-state index in [2.05, 4.69) is 102 Å². The van der Waals surface area contributed by atoms with E-state index < -0.39 is 0 Å². The summed E-state index contributed by atoms with van der Waals surface area (Å²) in [6.45, 7) is 8.31. The molecule has 4 nitrogen and oxygen atoms in total. The maximum Gasteiger partial charge on any atom is 0.120 e. The molecule has 0 radical (unpaired) electrons. The first-order valence-corrected chi connectivity index (χ1v) is 18.2. The average Bonchev–Trinajstić information content (AvgIpc) is 3.53. The van der Waals surface area contributed by atoms with Crippen molar-refractivity contribution in [2.24, 2.45) is 0 Å². The number of phenols is 2. The molecule has 0 spiro atoms. The zero-order valence-corrected chi connectivity index (χ0v) is 28.4. The summed E-state index contributed by atoms with van der Waals surface area (Å²) in [6.07, 6.45) is 12.0. The average molecular weight is 631 g/mol. The van der Waals surface area contributed by atoms with Gasteiger partial charge in [-0.15, -0.1) is 0 Å². The minimum atomic E-state index is -0.329. The molecule has 0 bridgehead atoms. The number of hydrogen-bond donors (Lipinski definition) is 2. The van der Waals surface area contributed by atoms with Crippen LogP contribution in [0.3, 0.4) is 0 Å². The monoisotopic (exact) mass is 630 g/mol. The number of likely N-dealkylation sites (tertiary alicyclic amines) is 2. The number of nitrogens with zero attached hydrogens (tertiary/aromatic N) is 2. The quantitative estimate of drug-likeness (QED) is 0.173. The lowest BCUT2D eigenvalue weighted by Crippen LogP contribution is -2.27. The Kier molecular flexibility index (Phi) is 11.3. The second-order valence-electron chi connectivity index (χ2n) is 14.3. The van der Waals surface area contributed by atoms with Gasteiger partial charge in [0.05, 0.1) is 0 Å². The third-order valence-electron chi connectivity index (χ3n) is 11.0. The predicted octanol–water partition coefficient (Wildman–Crippen LogP) is 9.77. The lowest BCUT2D eigenvalue weighted by Gasteiger charge is -2.34. The number of phenolic OH excluding ortho intramolecular Hbond substituents is 2. The summed E-state index contributed by atoms with van der Waals surface area (Å²) in [5.74, 6) is 1.04. The summed E-state index contributed by atoms with van der Waals surface area (Å²) in [7, 11) is 0. The topological polar surface area (TPSA) is 46.9 Å². The fraction of sp³-hybridized carbons (Fsp3) is 0.442. The summed E-state index contributed by atoms with van der Waals surface area (Å²) in [6, 6.07) is 34.5. The van der Waals surface area contributed by atoms with Gasteiger partial charge in [0, 0.05) is 35.5 Å². The molecule has 4 aromatic rings. The zero-order chi connectivity index (χ0) is 32.5. The van der Waals surface area contributed by atoms with E-state index >= 15 is 0 Å². The highest BCUT2D eigenvalue weighted by Crippen LogP contribution is 2.43. The SMILES string of the molecule is CC(CCC(c1ccccc1)c1ccccc1)(c1ccc(O)c(CN2CCCCCC2)c1)c1ccc(O)c(CN2CCCCCC2)c1. The van der Waals surface area contributed by atoms with Crippen LogP contribution in [0.2, 0.25) is 0 Å². The normalized spacial score (nSPS) is 17.0. The highest BCUT2D eigenvalue weighted by molar-refractivity contribution is 5.48. The van der Waals surface area contributed by atoms with Crippen LogP contribution in [0.15, 0.2) is 97.1 Å². The van der Waals surface area contributed by atoms with Crippen molar-refractivity contribution in [2.75, 3.05) is 26.2 Å². The highest BCUT2D eigenvalue weighted by Gasteiger charge is 2.32. The van der Waals surface area contributed by atoms with E-state index in [0.29, 0.717) is 11.5 Å². The van der Waals surface area contributed by atoms with Crippen LogP contribution < -0.4 is 0 Å². The Labute approximate surface area is 283 Å². The lowest BCUT2D eigenvalue weighted by atomic mass is 9.70. The first kappa shape index (κ1) is 33.3. The molecule has 4 aromatic carbocycles. The van der Waals surface area contributed by atoms with Crippen molar-refractivity contribution in [3.63, 3.8) is 0 Å². The first-order chi connectivity index (χ1) is 23.0. The molecule has 2 saturated heterocycles. The van der Waals surface area contributed by atoms with Crippen LogP contribution in [0, 0.1) is 0 Å². The summed E-state index contributed by atoms with van der Waals surface area (Å²) < 4.78 is 0. The van der Waals surface area contributed by atoms with E-state index in [1.165, 1.54) is 73.6 Å². The van der Waals surface area contributed by atoms with Crippen molar-refractivity contribution in [1.82, 2.24) is 9.80 Å². The molecule has 248 valence electrons. The van der Waals surface area contributed by atoms with Gasteiger partial charge in [0.1, 0.15) is 11.5 Å². The maximum absolute atomic E-state index is 11.1. The molecular weight excluding hydrogens is 576 g/mol. The van der Waals surface area contributed by atoms with Gasteiger partial charge in [-0.25, -0.2) is 0 Å². The molecule has 2 heterocycles. The van der Waals surface area contributed by atoms with Gasteiger partial charge < -0.3 is 10.2 Å². The fourth-order valence-electron chi connectivity index (χ4n) is 7.97. The number of hydrogen-bond acceptors (Lipinski definition) is 4. The predicted molar refractivity (Wildman–Crippen MR) is 194 cm³/mol. The molecular formula is C43H54N2O2. The van der Waals surface area contributed by atoms with Crippen LogP contribution in [0.4, 0.5) is 0 Å². The van der Waals surface area contributed by atoms with Gasteiger partial charge >= 0.3 is 0 Å². The Balaban J connectivity index is 1.37. The van der Waals surface area contributed by atoms with E-state index in [1.807, 2.05) is 12.1 Å². The smallest absolute Gasteiger partial charge is 0.120 e. The van der Waals surface area contributed by atoms with Gasteiger partial charge in [-0.05, 0) is 111 Å². The molecule has 0 unspecified atom stereocenters. The van der Waals surface area contributed by atoms with Gasteiger partial charge in [0.2, 0.25) is 0 Å². The number of benzene rings is 4. The van der Waals surface area contributed by atoms with Gasteiger partial charge in [-0.3, -0.25) is 9.80 Å². The molecule has 0 atom stereocenters. The lowest BCUT2D eigenvalue weighted by molar-refractivity contribution is 0.272. The van der Waals surface area contributed by atoms with Crippen LogP contribution >= 0.6 is 0 Å². The minimum Gasteiger partial charge on any atom is -0.508 e. The van der Waals surface area contributed by atoms with Crippen LogP contribution in [0.25, 0.3) is 0 Å². The minimum absolute atomic E-state index is 0.263. The maximum atomic E-state index is 11.1. The van der Waals surface area contributed by atoms with Crippen molar-refractivity contribution in [3.05, 3.63) is 130 Å². The zero-order valence-electron chi connectivity index (χ0n) is 28.4. The van der Waals surface area contributed by atoms with Crippen molar-refractivity contribution in [1.29, 1.82) is 0 Å². The summed E-state index contributed by atoms with van der Waals surface area (Å²) >= 11 is 0. The van der Waals surface area contributed by atoms with E-state index in [1.54, 1.807) is 0 Å². The molecule has 0 aliphatic carbocycles. The van der Waals surface area contributed by atoms with E-state index in [4.69, 9.17) is 0 Å². The summed E-state index contributed by atoms with van der Waals surface area (Å²) in [5.41, 5.74) is 6.83. The van der Waals surface area contributed by atoms with Crippen LogP contribution in [0.1, 0.15) is 110 Å². The Morgan fingerprint density at radius 2 is 0.957 bits per heavy atom. The molecule has 6 rings (SSSR count). The van der Waals surface area contributed by atoms with Crippen molar-refractivity contribution >= 4 is 0 Å². The Morgan fingerprint density at radius 3 is 1.36 bits per heavy atom. The molecule has 2 fully saturated rings. The first-order valence-electron chi connectivity index (χ1n) is 18.2. The van der Waals surface area contributed by atoms with Crippen molar-refractivity contribution < 1.29 is 10.2 Å². The fourth-order valence-corrected chi connectivity index (χ4v) is 7.97. The third kappa shape index (κ3) is 8.47. The molecule has 2 aliphatic heterocycles. The van der Waals surface area contributed by atoms with E-state index in [0.717, 1.165) is 63.2 Å². The second kappa shape index (κ2) is 16.0. The molecule has 0 saturated carbocycles. The number of rotatable bonds is 11. The Hall–Kier alpha value is -3.60. The molecule has 0 aromatic heterocycles. The van der Waals surface area contributed by atoms with Crippen LogP contribution in [-0.2, 0) is 18.5 Å². The summed E-state index contributed by atoms with van der Waals surface area (Å²) in [4.78, 5) is 5.04. The van der Waals surface area contributed by atoms with Gasteiger partial charge in [0.25, 0.3) is 0 Å². The number of aromatic hydroxyl groups is 2. The molecule has 0 amide bonds. The van der Waals surface area contributed by atoms with E-state index in [-0.39, 0.29) is 11.3 Å². The molecule has 2 aliphatic rings. The van der Waals surface area contributed by atoms with Crippen LogP contribution in [-0.4, -0.2) is 46.2 Å². The molecule has 47 heavy (non-hydrogen) atoms. The largest absolute Gasteiger partial charge is 0.508 e.